The quantitative estimate of drug-likeness (QED) is 0.907. The Hall–Kier alpha value is -1.39. The molecule has 3 nitrogen and oxygen atoms in total. The second-order valence-corrected chi connectivity index (χ2v) is 4.82. The second-order valence-electron chi connectivity index (χ2n) is 4.41. The number of hydrogen-bond donors (Lipinski definition) is 1. The molecule has 1 aliphatic heterocycles. The van der Waals surface area contributed by atoms with Gasteiger partial charge in [-0.2, -0.15) is 0 Å². The molecule has 1 aromatic heterocycles. The number of fused-ring (bicyclic) bond motifs is 1. The van der Waals surface area contributed by atoms with Crippen molar-refractivity contribution in [3.05, 3.63) is 40.6 Å². The molecule has 2 heterocycles. The summed E-state index contributed by atoms with van der Waals surface area (Å²) in [5, 5.41) is 0.126. The topological polar surface area (TPSA) is 43.8 Å². The Kier molecular flexibility index (Phi) is 2.84. The van der Waals surface area contributed by atoms with Crippen molar-refractivity contribution in [2.24, 2.45) is 5.73 Å². The van der Waals surface area contributed by atoms with Gasteiger partial charge in [0, 0.05) is 17.8 Å². The van der Waals surface area contributed by atoms with Crippen LogP contribution in [-0.2, 0) is 19.5 Å². The van der Waals surface area contributed by atoms with Gasteiger partial charge in [0.15, 0.2) is 0 Å². The van der Waals surface area contributed by atoms with Gasteiger partial charge in [-0.15, -0.1) is 0 Å². The van der Waals surface area contributed by atoms with Crippen LogP contribution < -0.4 is 5.73 Å². The van der Waals surface area contributed by atoms with Crippen LogP contribution in [0.3, 0.4) is 0 Å². The number of rotatable bonds is 2. The van der Waals surface area contributed by atoms with E-state index in [1.54, 1.807) is 12.1 Å². The van der Waals surface area contributed by atoms with Crippen LogP contribution in [0.2, 0.25) is 5.02 Å². The SMILES string of the molecule is NCc1nc(-c2ccc(F)c(Cl)c2)c2n1CCC2. The molecule has 94 valence electrons. The fourth-order valence-electron chi connectivity index (χ4n) is 2.49. The monoisotopic (exact) mass is 265 g/mol. The van der Waals surface area contributed by atoms with Crippen molar-refractivity contribution in [1.29, 1.82) is 0 Å². The average Bonchev–Trinajstić information content (AvgIpc) is 2.94. The van der Waals surface area contributed by atoms with E-state index in [4.69, 9.17) is 17.3 Å². The molecule has 18 heavy (non-hydrogen) atoms. The van der Waals surface area contributed by atoms with E-state index >= 15 is 0 Å². The minimum atomic E-state index is -0.407. The minimum absolute atomic E-state index is 0.126. The van der Waals surface area contributed by atoms with Crippen LogP contribution in [0.15, 0.2) is 18.2 Å². The van der Waals surface area contributed by atoms with Gasteiger partial charge in [0.05, 0.1) is 17.3 Å². The molecule has 5 heteroatoms. The number of hydrogen-bond acceptors (Lipinski definition) is 2. The van der Waals surface area contributed by atoms with E-state index in [1.807, 2.05) is 0 Å². The van der Waals surface area contributed by atoms with Crippen molar-refractivity contribution in [2.75, 3.05) is 0 Å². The Morgan fingerprint density at radius 1 is 1.44 bits per heavy atom. The van der Waals surface area contributed by atoms with Gasteiger partial charge < -0.3 is 10.3 Å². The fraction of sp³-hybridized carbons (Fsp3) is 0.308. The molecule has 0 fully saturated rings. The lowest BCUT2D eigenvalue weighted by atomic mass is 10.1. The molecule has 0 saturated carbocycles. The van der Waals surface area contributed by atoms with Gasteiger partial charge in [-0.3, -0.25) is 0 Å². The zero-order valence-corrected chi connectivity index (χ0v) is 10.5. The van der Waals surface area contributed by atoms with Crippen LogP contribution in [0, 0.1) is 5.82 Å². The summed E-state index contributed by atoms with van der Waals surface area (Å²) in [6, 6.07) is 4.71. The van der Waals surface area contributed by atoms with Gasteiger partial charge in [-0.25, -0.2) is 9.37 Å². The first-order chi connectivity index (χ1) is 8.70. The van der Waals surface area contributed by atoms with Crippen molar-refractivity contribution < 1.29 is 4.39 Å². The first-order valence-corrected chi connectivity index (χ1v) is 6.32. The van der Waals surface area contributed by atoms with E-state index < -0.39 is 5.82 Å². The largest absolute Gasteiger partial charge is 0.330 e. The van der Waals surface area contributed by atoms with Gasteiger partial charge >= 0.3 is 0 Å². The maximum atomic E-state index is 13.2. The predicted octanol–water partition coefficient (Wildman–Crippen LogP) is 2.75. The maximum Gasteiger partial charge on any atom is 0.141 e. The summed E-state index contributed by atoms with van der Waals surface area (Å²) in [7, 11) is 0. The lowest BCUT2D eigenvalue weighted by Crippen LogP contribution is -2.06. The van der Waals surface area contributed by atoms with Gasteiger partial charge in [-0.05, 0) is 31.0 Å². The Balaban J connectivity index is 2.14. The molecule has 1 aromatic carbocycles. The molecule has 0 atom stereocenters. The molecule has 2 N–H and O–H groups in total. The molecule has 0 unspecified atom stereocenters. The molecule has 0 aliphatic carbocycles. The molecule has 2 aromatic rings. The number of nitrogens with two attached hydrogens (primary N) is 1. The average molecular weight is 266 g/mol. The van der Waals surface area contributed by atoms with E-state index in [0.29, 0.717) is 6.54 Å². The van der Waals surface area contributed by atoms with Gasteiger partial charge in [-0.1, -0.05) is 11.6 Å². The summed E-state index contributed by atoms with van der Waals surface area (Å²) in [5.74, 6) is 0.480. The standard InChI is InChI=1S/C13H13ClFN3/c14-9-6-8(3-4-10(9)15)13-11-2-1-5-18(11)12(7-16)17-13/h3-4,6H,1-2,5,7,16H2. The van der Waals surface area contributed by atoms with Crippen molar-refractivity contribution in [1.82, 2.24) is 9.55 Å². The molecule has 1 aliphatic rings. The van der Waals surface area contributed by atoms with Crippen LogP contribution in [0.5, 0.6) is 0 Å². The Labute approximate surface area is 109 Å². The highest BCUT2D eigenvalue weighted by Crippen LogP contribution is 2.31. The molecular formula is C13H13ClFN3. The summed E-state index contributed by atoms with van der Waals surface area (Å²) in [6.45, 7) is 1.38. The van der Waals surface area contributed by atoms with E-state index in [-0.39, 0.29) is 5.02 Å². The van der Waals surface area contributed by atoms with Gasteiger partial charge in [0.25, 0.3) is 0 Å². The van der Waals surface area contributed by atoms with Crippen molar-refractivity contribution >= 4 is 11.6 Å². The van der Waals surface area contributed by atoms with E-state index in [2.05, 4.69) is 9.55 Å². The van der Waals surface area contributed by atoms with Crippen molar-refractivity contribution in [3.8, 4) is 11.3 Å². The smallest absolute Gasteiger partial charge is 0.141 e. The highest BCUT2D eigenvalue weighted by atomic mass is 35.5. The summed E-state index contributed by atoms with van der Waals surface area (Å²) < 4.78 is 15.3. The Morgan fingerprint density at radius 3 is 3.00 bits per heavy atom. The Morgan fingerprint density at radius 2 is 2.28 bits per heavy atom. The summed E-state index contributed by atoms with van der Waals surface area (Å²) in [4.78, 5) is 4.55. The summed E-state index contributed by atoms with van der Waals surface area (Å²) in [5.41, 5.74) is 8.62. The Bertz CT molecular complexity index is 607. The molecule has 0 bridgehead atoms. The minimum Gasteiger partial charge on any atom is -0.330 e. The molecular weight excluding hydrogens is 253 g/mol. The molecule has 0 amide bonds. The summed E-state index contributed by atoms with van der Waals surface area (Å²) in [6.07, 6.45) is 2.09. The summed E-state index contributed by atoms with van der Waals surface area (Å²) >= 11 is 5.82. The normalized spacial score (nSPS) is 13.9. The first kappa shape index (κ1) is 11.7. The number of halogens is 2. The van der Waals surface area contributed by atoms with Crippen LogP contribution in [0.4, 0.5) is 4.39 Å². The zero-order chi connectivity index (χ0) is 12.7. The first-order valence-electron chi connectivity index (χ1n) is 5.94. The third kappa shape index (κ3) is 1.72. The van der Waals surface area contributed by atoms with Crippen LogP contribution in [-0.4, -0.2) is 9.55 Å². The van der Waals surface area contributed by atoms with E-state index in [9.17, 15) is 4.39 Å². The van der Waals surface area contributed by atoms with Crippen molar-refractivity contribution in [2.45, 2.75) is 25.9 Å². The fourth-order valence-corrected chi connectivity index (χ4v) is 2.67. The van der Waals surface area contributed by atoms with Crippen LogP contribution in [0.1, 0.15) is 17.9 Å². The molecule has 0 radical (unpaired) electrons. The lowest BCUT2D eigenvalue weighted by Gasteiger charge is -2.02. The molecule has 0 saturated heterocycles. The number of imidazole rings is 1. The molecule has 3 rings (SSSR count). The van der Waals surface area contributed by atoms with E-state index in [0.717, 1.165) is 36.5 Å². The molecule has 0 spiro atoms. The van der Waals surface area contributed by atoms with E-state index in [1.165, 1.54) is 11.8 Å². The predicted molar refractivity (Wildman–Crippen MR) is 68.8 cm³/mol. The zero-order valence-electron chi connectivity index (χ0n) is 9.79. The number of aromatic nitrogens is 2. The van der Waals surface area contributed by atoms with Gasteiger partial charge in [0.2, 0.25) is 0 Å². The number of nitrogens with zero attached hydrogens (tertiary/aromatic N) is 2. The van der Waals surface area contributed by atoms with Crippen LogP contribution >= 0.6 is 11.6 Å². The maximum absolute atomic E-state index is 13.2. The second kappa shape index (κ2) is 4.37. The number of benzene rings is 1. The highest BCUT2D eigenvalue weighted by Gasteiger charge is 2.21. The van der Waals surface area contributed by atoms with Crippen molar-refractivity contribution in [3.63, 3.8) is 0 Å². The third-order valence-corrected chi connectivity index (χ3v) is 3.61. The van der Waals surface area contributed by atoms with Gasteiger partial charge in [0.1, 0.15) is 11.6 Å². The highest BCUT2D eigenvalue weighted by molar-refractivity contribution is 6.31. The lowest BCUT2D eigenvalue weighted by molar-refractivity contribution is 0.628. The third-order valence-electron chi connectivity index (χ3n) is 3.32. The van der Waals surface area contributed by atoms with Crippen LogP contribution in [0.25, 0.3) is 11.3 Å².